The van der Waals surface area contributed by atoms with Gasteiger partial charge in [-0.3, -0.25) is 47.1 Å². The Morgan fingerprint density at radius 2 is 1.48 bits per heavy atom. The summed E-state index contributed by atoms with van der Waals surface area (Å²) in [5.41, 5.74) is 7.83. The van der Waals surface area contributed by atoms with Crippen LogP contribution in [-0.2, 0) is 70.7 Å². The molecule has 0 spiro atoms. The third-order valence-electron chi connectivity index (χ3n) is 13.3. The molecule has 5 aromatic heterocycles. The van der Waals surface area contributed by atoms with Crippen molar-refractivity contribution in [1.29, 1.82) is 0 Å². The number of hydrogen-bond donors (Lipinski definition) is 10. The number of H-pyrrole nitrogens is 2. The van der Waals surface area contributed by atoms with Crippen molar-refractivity contribution in [2.45, 2.75) is 80.0 Å². The molecule has 3 fully saturated rings. The molecule has 3 saturated heterocycles. The van der Waals surface area contributed by atoms with E-state index in [1.54, 1.807) is 30.3 Å². The van der Waals surface area contributed by atoms with Crippen LogP contribution >= 0.6 is 31.1 Å². The Morgan fingerprint density at radius 1 is 0.817 bits per heavy atom. The zero-order valence-electron chi connectivity index (χ0n) is 42.7. The minimum Gasteiger partial charge on any atom is -0.778 e. The largest absolute Gasteiger partial charge is 0.778 e. The highest BCUT2D eigenvalue weighted by Crippen LogP contribution is 2.68. The summed E-state index contributed by atoms with van der Waals surface area (Å²) in [6.07, 6.45) is -13.1. The number of ether oxygens (including phenoxy) is 4. The van der Waals surface area contributed by atoms with Crippen LogP contribution in [0.2, 0.25) is 0 Å². The molecule has 0 bridgehead atoms. The van der Waals surface area contributed by atoms with Crippen molar-refractivity contribution in [3.8, 4) is 0 Å². The predicted molar refractivity (Wildman–Crippen MR) is 270 cm³/mol. The minimum absolute atomic E-state index is 0.00936. The lowest BCUT2D eigenvalue weighted by atomic mass is 9.94. The van der Waals surface area contributed by atoms with Crippen molar-refractivity contribution >= 4 is 71.1 Å². The summed E-state index contributed by atoms with van der Waals surface area (Å²) in [5, 5.41) is 33.3. The summed E-state index contributed by atoms with van der Waals surface area (Å²) in [6, 6.07) is 9.78. The van der Waals surface area contributed by atoms with Gasteiger partial charge >= 0.3 is 34.8 Å². The molecule has 5 unspecified atom stereocenters. The standard InChI is InChI=1S/C41H53N13O24P4/c1-50(2)25(56)11-20-21(74-37(28(20)57)54-18-51(12-19-7-5-4-6-8-19)27-35(54)48-40(43)49-36(27)60)13-72-80(64,65)77-82(68,69)78-81(66,67)73-15-23-32(31(70-3)39(76-23)53-17-46-26-33(42)44-16-45-34(26)53)79(62,63)71-14-22-29(58)30(59)38(75-22)52-10-9-24(55)47-41(52)61/h4-10,16-18,20-23,28-32,37-39,57-59H,11-15H2,1-3H3,(H9-,42,43,44,45,47,48,49,55,60,61,62,63,64,65,66,67,68,69)/t20-,21-,22-,23-,28-,29-,30-,31-,32-,37?,38-,39-/m1/s1. The number of phosphoric ester groups is 2. The van der Waals surface area contributed by atoms with Crippen molar-refractivity contribution in [2.24, 2.45) is 5.92 Å². The Bertz CT molecular complexity index is 3730. The van der Waals surface area contributed by atoms with Crippen LogP contribution in [0.1, 0.15) is 30.7 Å². The number of aliphatic hydroxyl groups excluding tert-OH is 3. The molecule has 16 atom stereocenters. The van der Waals surface area contributed by atoms with Crippen molar-refractivity contribution in [1.82, 2.24) is 48.5 Å². The Labute approximate surface area is 458 Å². The van der Waals surface area contributed by atoms with Crippen molar-refractivity contribution < 1.29 is 104 Å². The van der Waals surface area contributed by atoms with E-state index >= 15 is 0 Å². The fourth-order valence-electron chi connectivity index (χ4n) is 9.50. The average molecular weight is 1240 g/mol. The first-order valence-electron chi connectivity index (χ1n) is 24.0. The zero-order chi connectivity index (χ0) is 59.4. The molecule has 446 valence electrons. The van der Waals surface area contributed by atoms with Gasteiger partial charge in [-0.05, 0) is 5.56 Å². The van der Waals surface area contributed by atoms with Crippen LogP contribution in [0, 0.1) is 5.92 Å². The number of anilines is 2. The predicted octanol–water partition coefficient (Wildman–Crippen LogP) is -3.19. The lowest BCUT2D eigenvalue weighted by Crippen LogP contribution is -2.45. The third kappa shape index (κ3) is 12.8. The van der Waals surface area contributed by atoms with Crippen LogP contribution < -0.4 is 37.7 Å². The molecule has 1 amide bonds. The van der Waals surface area contributed by atoms with Gasteiger partial charge < -0.3 is 79.3 Å². The van der Waals surface area contributed by atoms with E-state index in [4.69, 9.17) is 44.0 Å². The van der Waals surface area contributed by atoms with Crippen LogP contribution in [0.25, 0.3) is 22.3 Å². The van der Waals surface area contributed by atoms with Gasteiger partial charge in [0.05, 0.1) is 50.6 Å². The van der Waals surface area contributed by atoms with E-state index in [9.17, 15) is 72.3 Å². The molecule has 9 rings (SSSR count). The van der Waals surface area contributed by atoms with Crippen LogP contribution in [0.15, 0.2) is 76.0 Å². The van der Waals surface area contributed by atoms with E-state index in [1.165, 1.54) is 34.5 Å². The second kappa shape index (κ2) is 23.7. The number of nitrogen functional groups attached to an aromatic ring is 2. The molecule has 0 aliphatic carbocycles. The van der Waals surface area contributed by atoms with E-state index in [1.807, 2.05) is 4.98 Å². The maximum Gasteiger partial charge on any atom is 0.490 e. The van der Waals surface area contributed by atoms with E-state index in [2.05, 4.69) is 33.5 Å². The fourth-order valence-corrected chi connectivity index (χ4v) is 14.7. The number of nitrogens with two attached hydrogens (primary N) is 2. The SMILES string of the molecule is CO[C@@H]1[C@H](P(=O)([O-])OC[C@H]2O[C@@H](n3ccc(=O)[nH]c3=O)[C@H](O)[C@@H]2O)[C@@H](COP(=O)(O)OP(=O)(O)OP(=O)(O)OC[C@H]2OC([n+]3cn(Cc4ccccc4)c4c(=O)[nH]c(N)nc43)[C@H](O)[C@@H]2CC(=O)N(C)C)O[C@H]1n1cnc2c(N)ncnc21. The van der Waals surface area contributed by atoms with Gasteiger partial charge in [0.2, 0.25) is 17.7 Å². The highest BCUT2D eigenvalue weighted by atomic mass is 31.3. The fraction of sp³-hybridized carbons (Fsp3) is 0.488. The smallest absolute Gasteiger partial charge is 0.490 e. The number of imidazole rings is 2. The van der Waals surface area contributed by atoms with Gasteiger partial charge in [0.25, 0.3) is 17.1 Å². The number of nitrogens with one attached hydrogen (secondary N) is 2. The van der Waals surface area contributed by atoms with Gasteiger partial charge in [-0.15, -0.1) is 0 Å². The Balaban J connectivity index is 0.900. The third-order valence-corrected chi connectivity index (χ3v) is 19.4. The number of aromatic nitrogens is 10. The molecule has 12 N–H and O–H groups in total. The summed E-state index contributed by atoms with van der Waals surface area (Å²) in [5.74, 6) is -2.28. The first-order chi connectivity index (χ1) is 38.6. The molecule has 37 nitrogen and oxygen atoms in total. The molecule has 41 heteroatoms. The van der Waals surface area contributed by atoms with Gasteiger partial charge in [0.15, 0.2) is 30.2 Å². The number of carbonyl (C=O) groups excluding carboxylic acids is 1. The number of hydrogen-bond acceptors (Lipinski definition) is 27. The number of rotatable bonds is 22. The zero-order valence-corrected chi connectivity index (χ0v) is 46.3. The second-order valence-electron chi connectivity index (χ2n) is 18.9. The quantitative estimate of drug-likeness (QED) is 0.0236. The monoisotopic (exact) mass is 1240 g/mol. The van der Waals surface area contributed by atoms with Gasteiger partial charge in [-0.2, -0.15) is 8.62 Å². The Morgan fingerprint density at radius 3 is 2.13 bits per heavy atom. The van der Waals surface area contributed by atoms with E-state index < -0.39 is 153 Å². The van der Waals surface area contributed by atoms with Crippen molar-refractivity contribution in [2.75, 3.05) is 52.5 Å². The normalized spacial score (nSPS) is 28.7. The topological polar surface area (TPSA) is 521 Å². The first kappa shape index (κ1) is 60.7. The number of carbonyl (C=O) groups is 1. The average Bonchev–Trinajstić information content (AvgIpc) is 2.94. The highest BCUT2D eigenvalue weighted by molar-refractivity contribution is 7.66. The number of phosphoric acid groups is 3. The number of aliphatic hydroxyl groups is 3. The van der Waals surface area contributed by atoms with Crippen LogP contribution in [-0.4, -0.2) is 174 Å². The molecule has 0 saturated carbocycles. The maximum atomic E-state index is 14.3. The van der Waals surface area contributed by atoms with Crippen molar-refractivity contribution in [3.05, 3.63) is 98.3 Å². The van der Waals surface area contributed by atoms with Gasteiger partial charge in [-0.1, -0.05) is 35.3 Å². The molecule has 0 radical (unpaired) electrons. The van der Waals surface area contributed by atoms with Gasteiger partial charge in [0, 0.05) is 45.8 Å². The molecule has 8 heterocycles. The molecular formula is C41H53N13O24P4. The van der Waals surface area contributed by atoms with Gasteiger partial charge in [0.1, 0.15) is 50.0 Å². The maximum absolute atomic E-state index is 14.3. The summed E-state index contributed by atoms with van der Waals surface area (Å²) in [4.78, 5) is 119. The second-order valence-corrected chi connectivity index (χ2v) is 25.4. The summed E-state index contributed by atoms with van der Waals surface area (Å²) >= 11 is 0. The number of benzene rings is 1. The van der Waals surface area contributed by atoms with Crippen molar-refractivity contribution in [3.63, 3.8) is 0 Å². The molecule has 82 heavy (non-hydrogen) atoms. The summed E-state index contributed by atoms with van der Waals surface area (Å²) in [7, 11) is -20.0. The minimum atomic E-state index is -6.29. The number of amides is 1. The number of methoxy groups -OCH3 is 1. The molecule has 1 aromatic carbocycles. The Hall–Kier alpha value is -5.85. The summed E-state index contributed by atoms with van der Waals surface area (Å²) in [6.45, 7) is -3.41. The first-order valence-corrected chi connectivity index (χ1v) is 30.1. The number of fused-ring (bicyclic) bond motifs is 2. The van der Waals surface area contributed by atoms with Gasteiger partial charge in [-0.25, -0.2) is 38.0 Å². The van der Waals surface area contributed by atoms with Crippen LogP contribution in [0.3, 0.4) is 0 Å². The van der Waals surface area contributed by atoms with E-state index in [-0.39, 0.29) is 40.6 Å². The lowest BCUT2D eigenvalue weighted by molar-refractivity contribution is -0.745. The van der Waals surface area contributed by atoms with E-state index in [0.29, 0.717) is 4.57 Å². The molecule has 3 aliphatic heterocycles. The Kier molecular flexibility index (Phi) is 17.5. The van der Waals surface area contributed by atoms with E-state index in [0.717, 1.165) is 42.2 Å². The van der Waals surface area contributed by atoms with Crippen LogP contribution in [0.4, 0.5) is 11.8 Å². The lowest BCUT2D eigenvalue weighted by Gasteiger charge is -2.35. The molecule has 3 aliphatic rings. The number of aromatic amines is 2. The summed E-state index contributed by atoms with van der Waals surface area (Å²) < 4.78 is 106. The number of nitrogens with zero attached hydrogens (tertiary/aromatic N) is 9. The molecule has 6 aromatic rings. The highest BCUT2D eigenvalue weighted by Gasteiger charge is 2.55. The van der Waals surface area contributed by atoms with Crippen LogP contribution in [0.5, 0.6) is 0 Å². The molecular weight excluding hydrogens is 1180 g/mol.